The van der Waals surface area contributed by atoms with Gasteiger partial charge in [0.15, 0.2) is 0 Å². The number of carbonyl (C=O) groups excluding carboxylic acids is 2. The molecule has 0 aliphatic carbocycles. The Morgan fingerprint density at radius 3 is 2.37 bits per heavy atom. The number of benzene rings is 1. The summed E-state index contributed by atoms with van der Waals surface area (Å²) in [6, 6.07) is 4.56. The second-order valence-electron chi connectivity index (χ2n) is 4.34. The molecule has 0 radical (unpaired) electrons. The van der Waals surface area contributed by atoms with Crippen LogP contribution in [0.1, 0.15) is 24.2 Å². The van der Waals surface area contributed by atoms with Crippen LogP contribution in [0.4, 0.5) is 0 Å². The van der Waals surface area contributed by atoms with Gasteiger partial charge in [0, 0.05) is 8.95 Å². The minimum Gasteiger partial charge on any atom is -0.467 e. The van der Waals surface area contributed by atoms with Crippen molar-refractivity contribution in [1.82, 2.24) is 5.32 Å². The number of hydrogen-bond donors (Lipinski definition) is 1. The number of carbonyl (C=O) groups is 2. The lowest BCUT2D eigenvalue weighted by Crippen LogP contribution is -2.45. The highest BCUT2D eigenvalue weighted by atomic mass is 79.9. The third-order valence-electron chi connectivity index (χ3n) is 2.58. The lowest BCUT2D eigenvalue weighted by atomic mass is 10.0. The van der Waals surface area contributed by atoms with Crippen LogP contribution in [0.15, 0.2) is 27.1 Å². The van der Waals surface area contributed by atoms with Gasteiger partial charge < -0.3 is 10.1 Å². The Kier molecular flexibility index (Phi) is 6.00. The van der Waals surface area contributed by atoms with Crippen molar-refractivity contribution in [1.29, 1.82) is 0 Å². The Hall–Kier alpha value is -0.880. The van der Waals surface area contributed by atoms with Gasteiger partial charge in [0.2, 0.25) is 0 Å². The van der Waals surface area contributed by atoms with Crippen molar-refractivity contribution in [2.75, 3.05) is 7.11 Å². The van der Waals surface area contributed by atoms with Crippen LogP contribution in [-0.2, 0) is 9.53 Å². The number of ether oxygens (including phenoxy) is 1. The summed E-state index contributed by atoms with van der Waals surface area (Å²) < 4.78 is 6.21. The maximum absolute atomic E-state index is 12.1. The van der Waals surface area contributed by atoms with Crippen molar-refractivity contribution in [3.63, 3.8) is 0 Å². The molecule has 0 unspecified atom stereocenters. The van der Waals surface area contributed by atoms with Gasteiger partial charge in [-0.15, -0.1) is 0 Å². The van der Waals surface area contributed by atoms with Crippen LogP contribution in [-0.4, -0.2) is 25.0 Å². The second-order valence-corrected chi connectivity index (χ2v) is 6.11. The molecule has 0 heterocycles. The van der Waals surface area contributed by atoms with E-state index in [2.05, 4.69) is 41.9 Å². The topological polar surface area (TPSA) is 55.4 Å². The predicted octanol–water partition coefficient (Wildman–Crippen LogP) is 3.14. The fourth-order valence-corrected chi connectivity index (χ4v) is 2.74. The molecule has 0 fully saturated rings. The molecule has 19 heavy (non-hydrogen) atoms. The van der Waals surface area contributed by atoms with Crippen molar-refractivity contribution in [2.45, 2.75) is 19.9 Å². The van der Waals surface area contributed by atoms with E-state index in [0.717, 1.165) is 4.47 Å². The van der Waals surface area contributed by atoms with Crippen LogP contribution in [0.25, 0.3) is 0 Å². The second kappa shape index (κ2) is 7.05. The number of nitrogens with one attached hydrogen (secondary N) is 1. The largest absolute Gasteiger partial charge is 0.467 e. The van der Waals surface area contributed by atoms with E-state index in [1.165, 1.54) is 7.11 Å². The van der Waals surface area contributed by atoms with Gasteiger partial charge in [0.05, 0.1) is 12.7 Å². The normalized spacial score (nSPS) is 12.1. The molecule has 0 saturated heterocycles. The molecule has 0 aliphatic heterocycles. The molecule has 1 aromatic carbocycles. The van der Waals surface area contributed by atoms with Gasteiger partial charge in [-0.05, 0) is 40.0 Å². The van der Waals surface area contributed by atoms with Crippen LogP contribution in [0.3, 0.4) is 0 Å². The van der Waals surface area contributed by atoms with Crippen LogP contribution in [0.5, 0.6) is 0 Å². The molecule has 1 N–H and O–H groups in total. The van der Waals surface area contributed by atoms with Crippen molar-refractivity contribution in [3.8, 4) is 0 Å². The Morgan fingerprint density at radius 2 is 1.89 bits per heavy atom. The number of hydrogen-bond acceptors (Lipinski definition) is 3. The first-order valence-electron chi connectivity index (χ1n) is 5.70. The van der Waals surface area contributed by atoms with Crippen LogP contribution < -0.4 is 5.32 Å². The molecule has 1 aromatic rings. The van der Waals surface area contributed by atoms with Gasteiger partial charge >= 0.3 is 5.97 Å². The SMILES string of the molecule is COC(=O)[C@@H](NC(=O)c1ccc(Br)cc1Br)C(C)C. The highest BCUT2D eigenvalue weighted by molar-refractivity contribution is 9.11. The van der Waals surface area contributed by atoms with E-state index in [1.54, 1.807) is 18.2 Å². The zero-order chi connectivity index (χ0) is 14.6. The molecule has 1 amide bonds. The van der Waals surface area contributed by atoms with Crippen molar-refractivity contribution in [2.24, 2.45) is 5.92 Å². The van der Waals surface area contributed by atoms with E-state index in [1.807, 2.05) is 13.8 Å². The molecule has 1 atom stereocenters. The summed E-state index contributed by atoms with van der Waals surface area (Å²) in [6.45, 7) is 3.69. The molecule has 6 heteroatoms. The maximum atomic E-state index is 12.1. The summed E-state index contributed by atoms with van der Waals surface area (Å²) >= 11 is 6.64. The summed E-state index contributed by atoms with van der Waals surface area (Å²) in [4.78, 5) is 23.8. The zero-order valence-corrected chi connectivity index (χ0v) is 14.0. The summed E-state index contributed by atoms with van der Waals surface area (Å²) in [5.41, 5.74) is 0.470. The summed E-state index contributed by atoms with van der Waals surface area (Å²) in [7, 11) is 1.30. The van der Waals surface area contributed by atoms with Crippen LogP contribution in [0.2, 0.25) is 0 Å². The Morgan fingerprint density at radius 1 is 1.26 bits per heavy atom. The molecule has 0 spiro atoms. The maximum Gasteiger partial charge on any atom is 0.328 e. The van der Waals surface area contributed by atoms with Gasteiger partial charge in [-0.1, -0.05) is 29.8 Å². The minimum absolute atomic E-state index is 0.0503. The van der Waals surface area contributed by atoms with Crippen LogP contribution >= 0.6 is 31.9 Å². The fraction of sp³-hybridized carbons (Fsp3) is 0.385. The zero-order valence-electron chi connectivity index (χ0n) is 10.9. The van der Waals surface area contributed by atoms with Crippen molar-refractivity contribution < 1.29 is 14.3 Å². The highest BCUT2D eigenvalue weighted by Crippen LogP contribution is 2.22. The lowest BCUT2D eigenvalue weighted by Gasteiger charge is -2.20. The van der Waals surface area contributed by atoms with Gasteiger partial charge in [-0.2, -0.15) is 0 Å². The molecule has 104 valence electrons. The predicted molar refractivity (Wildman–Crippen MR) is 80.0 cm³/mol. The number of rotatable bonds is 4. The molecule has 1 rings (SSSR count). The average Bonchev–Trinajstić information content (AvgIpc) is 2.34. The Bertz CT molecular complexity index is 489. The highest BCUT2D eigenvalue weighted by Gasteiger charge is 2.25. The number of esters is 1. The minimum atomic E-state index is -0.659. The average molecular weight is 393 g/mol. The standard InChI is InChI=1S/C13H15Br2NO3/c1-7(2)11(13(18)19-3)16-12(17)9-5-4-8(14)6-10(9)15/h4-7,11H,1-3H3,(H,16,17)/t11-/m0/s1. The quantitative estimate of drug-likeness (QED) is 0.800. The molecule has 4 nitrogen and oxygen atoms in total. The molecule has 0 aromatic heterocycles. The first-order valence-corrected chi connectivity index (χ1v) is 7.29. The third-order valence-corrected chi connectivity index (χ3v) is 3.73. The van der Waals surface area contributed by atoms with Gasteiger partial charge in [-0.25, -0.2) is 4.79 Å². The van der Waals surface area contributed by atoms with Gasteiger partial charge in [0.25, 0.3) is 5.91 Å². The molecule has 0 saturated carbocycles. The fourth-order valence-electron chi connectivity index (χ4n) is 1.52. The number of amides is 1. The van der Waals surface area contributed by atoms with E-state index < -0.39 is 12.0 Å². The summed E-state index contributed by atoms with van der Waals surface area (Å²) in [6.07, 6.45) is 0. The summed E-state index contributed by atoms with van der Waals surface area (Å²) in [5.74, 6) is -0.814. The Balaban J connectivity index is 2.91. The first-order chi connectivity index (χ1) is 8.86. The Labute approximate surface area is 129 Å². The lowest BCUT2D eigenvalue weighted by molar-refractivity contribution is -0.144. The van der Waals surface area contributed by atoms with E-state index in [0.29, 0.717) is 10.0 Å². The van der Waals surface area contributed by atoms with E-state index in [9.17, 15) is 9.59 Å². The smallest absolute Gasteiger partial charge is 0.328 e. The molecule has 0 bridgehead atoms. The van der Waals surface area contributed by atoms with E-state index in [4.69, 9.17) is 0 Å². The van der Waals surface area contributed by atoms with E-state index in [-0.39, 0.29) is 11.8 Å². The molecular weight excluding hydrogens is 378 g/mol. The first kappa shape index (κ1) is 16.2. The third kappa shape index (κ3) is 4.31. The van der Waals surface area contributed by atoms with E-state index >= 15 is 0 Å². The van der Waals surface area contributed by atoms with Crippen molar-refractivity contribution in [3.05, 3.63) is 32.7 Å². The van der Waals surface area contributed by atoms with Gasteiger partial charge in [0.1, 0.15) is 6.04 Å². The molecular formula is C13H15Br2NO3. The summed E-state index contributed by atoms with van der Waals surface area (Å²) in [5, 5.41) is 2.68. The monoisotopic (exact) mass is 391 g/mol. The number of methoxy groups -OCH3 is 1. The van der Waals surface area contributed by atoms with Crippen molar-refractivity contribution >= 4 is 43.7 Å². The molecule has 0 aliphatic rings. The van der Waals surface area contributed by atoms with Crippen LogP contribution in [0, 0.1) is 5.92 Å². The number of halogens is 2. The van der Waals surface area contributed by atoms with Gasteiger partial charge in [-0.3, -0.25) is 4.79 Å².